The Bertz CT molecular complexity index is 922. The van der Waals surface area contributed by atoms with E-state index in [1.54, 1.807) is 12.1 Å². The Labute approximate surface area is 163 Å². The molecule has 1 saturated carbocycles. The summed E-state index contributed by atoms with van der Waals surface area (Å²) in [6.45, 7) is 0. The van der Waals surface area contributed by atoms with E-state index in [0.717, 1.165) is 17.5 Å². The summed E-state index contributed by atoms with van der Waals surface area (Å²) in [5.41, 5.74) is 1.72. The number of methoxy groups -OCH3 is 1. The van der Waals surface area contributed by atoms with Crippen LogP contribution in [0.4, 0.5) is 0 Å². The highest BCUT2D eigenvalue weighted by Crippen LogP contribution is 2.63. The van der Waals surface area contributed by atoms with E-state index in [1.165, 1.54) is 7.11 Å². The highest BCUT2D eigenvalue weighted by molar-refractivity contribution is 5.93. The second-order valence-corrected chi connectivity index (χ2v) is 7.81. The molecule has 0 N–H and O–H groups in total. The van der Waals surface area contributed by atoms with E-state index in [-0.39, 0.29) is 24.0 Å². The van der Waals surface area contributed by atoms with Gasteiger partial charge in [-0.05, 0) is 36.1 Å². The Morgan fingerprint density at radius 1 is 1.07 bits per heavy atom. The topological polar surface area (TPSA) is 61.8 Å². The van der Waals surface area contributed by atoms with Crippen LogP contribution in [0.1, 0.15) is 53.3 Å². The number of carbonyl (C=O) groups excluding carboxylic acids is 2. The Morgan fingerprint density at radius 3 is 2.54 bits per heavy atom. The van der Waals surface area contributed by atoms with Gasteiger partial charge in [0, 0.05) is 12.8 Å². The van der Waals surface area contributed by atoms with Crippen molar-refractivity contribution in [3.8, 4) is 0 Å². The average Bonchev–Trinajstić information content (AvgIpc) is 3.28. The van der Waals surface area contributed by atoms with Crippen molar-refractivity contribution >= 4 is 11.8 Å². The van der Waals surface area contributed by atoms with E-state index in [4.69, 9.17) is 14.2 Å². The second kappa shape index (κ2) is 6.26. The normalized spacial score (nSPS) is 33.5. The summed E-state index contributed by atoms with van der Waals surface area (Å²) >= 11 is 0. The van der Waals surface area contributed by atoms with Crippen LogP contribution in [-0.4, -0.2) is 30.8 Å². The highest BCUT2D eigenvalue weighted by Gasteiger charge is 2.72. The molecule has 3 aliphatic rings. The molecule has 2 heterocycles. The van der Waals surface area contributed by atoms with Gasteiger partial charge in [-0.25, -0.2) is 4.79 Å². The van der Waals surface area contributed by atoms with Gasteiger partial charge in [0.25, 0.3) is 0 Å². The van der Waals surface area contributed by atoms with Gasteiger partial charge in [0.15, 0.2) is 5.79 Å². The molecule has 1 aliphatic carbocycles. The van der Waals surface area contributed by atoms with Gasteiger partial charge in [-0.3, -0.25) is 4.79 Å². The van der Waals surface area contributed by atoms with Crippen molar-refractivity contribution in [1.82, 2.24) is 0 Å². The van der Waals surface area contributed by atoms with Crippen molar-refractivity contribution in [3.05, 3.63) is 71.3 Å². The minimum Gasteiger partial charge on any atom is -0.465 e. The van der Waals surface area contributed by atoms with Crippen molar-refractivity contribution in [2.45, 2.75) is 49.1 Å². The number of rotatable bonds is 3. The van der Waals surface area contributed by atoms with E-state index < -0.39 is 11.2 Å². The minimum absolute atomic E-state index is 0.189. The van der Waals surface area contributed by atoms with Gasteiger partial charge >= 0.3 is 5.97 Å². The molecule has 5 rings (SSSR count). The first-order chi connectivity index (χ1) is 13.6. The molecule has 4 atom stereocenters. The zero-order valence-corrected chi connectivity index (χ0v) is 15.7. The molecular weight excluding hydrogens is 356 g/mol. The lowest BCUT2D eigenvalue weighted by Crippen LogP contribution is -2.58. The molecule has 0 aromatic heterocycles. The van der Waals surface area contributed by atoms with Crippen molar-refractivity contribution in [1.29, 1.82) is 0 Å². The zero-order valence-electron chi connectivity index (χ0n) is 15.7. The third-order valence-electron chi connectivity index (χ3n) is 6.47. The molecule has 144 valence electrons. The van der Waals surface area contributed by atoms with Crippen molar-refractivity contribution in [3.63, 3.8) is 0 Å². The van der Waals surface area contributed by atoms with E-state index in [1.807, 2.05) is 42.5 Å². The molecule has 2 aromatic carbocycles. The first-order valence-corrected chi connectivity index (χ1v) is 9.72. The maximum absolute atomic E-state index is 13.2. The Balaban J connectivity index is 1.50. The van der Waals surface area contributed by atoms with Crippen molar-refractivity contribution in [2.24, 2.45) is 0 Å². The maximum atomic E-state index is 13.2. The number of ether oxygens (including phenoxy) is 3. The number of hydrogen-bond acceptors (Lipinski definition) is 5. The molecule has 28 heavy (non-hydrogen) atoms. The van der Waals surface area contributed by atoms with E-state index in [9.17, 15) is 9.59 Å². The lowest BCUT2D eigenvalue weighted by molar-refractivity contribution is -0.213. The summed E-state index contributed by atoms with van der Waals surface area (Å²) in [6.07, 6.45) is 2.24. The summed E-state index contributed by atoms with van der Waals surface area (Å²) in [4.78, 5) is 24.8. The fourth-order valence-corrected chi connectivity index (χ4v) is 5.21. The molecule has 5 nitrogen and oxygen atoms in total. The standard InChI is InChI=1S/C23H22O5/c1-26-21(25)16-11-9-15(10-12-16)20-18-14-22(17-6-3-2-4-7-17)19(24)8-5-13-23(22,27-18)28-20/h2-4,6-7,9-12,18,20H,5,8,13-14H2,1H3. The third kappa shape index (κ3) is 2.26. The van der Waals surface area contributed by atoms with Crippen LogP contribution >= 0.6 is 0 Å². The van der Waals surface area contributed by atoms with Gasteiger partial charge in [0.2, 0.25) is 0 Å². The smallest absolute Gasteiger partial charge is 0.337 e. The molecule has 3 fully saturated rings. The van der Waals surface area contributed by atoms with Gasteiger partial charge in [0.1, 0.15) is 17.3 Å². The first-order valence-electron chi connectivity index (χ1n) is 9.72. The number of benzene rings is 2. The van der Waals surface area contributed by atoms with Crippen LogP contribution in [0.5, 0.6) is 0 Å². The molecular formula is C23H22O5. The van der Waals surface area contributed by atoms with Gasteiger partial charge < -0.3 is 14.2 Å². The van der Waals surface area contributed by atoms with Crippen LogP contribution in [0.15, 0.2) is 54.6 Å². The molecule has 2 aliphatic heterocycles. The van der Waals surface area contributed by atoms with Crippen LogP contribution in [0.25, 0.3) is 0 Å². The number of Topliss-reactive ketones (excluding diaryl/α,β-unsaturated/α-hetero) is 1. The zero-order chi connectivity index (χ0) is 19.4. The first kappa shape index (κ1) is 17.6. The predicted octanol–water partition coefficient (Wildman–Crippen LogP) is 3.72. The van der Waals surface area contributed by atoms with E-state index >= 15 is 0 Å². The number of ketones is 1. The van der Waals surface area contributed by atoms with Crippen LogP contribution < -0.4 is 0 Å². The monoisotopic (exact) mass is 378 g/mol. The van der Waals surface area contributed by atoms with E-state index in [0.29, 0.717) is 24.8 Å². The van der Waals surface area contributed by atoms with Gasteiger partial charge in [-0.15, -0.1) is 0 Å². The lowest BCUT2D eigenvalue weighted by Gasteiger charge is -2.47. The molecule has 2 aromatic rings. The van der Waals surface area contributed by atoms with Crippen LogP contribution in [0.3, 0.4) is 0 Å². The maximum Gasteiger partial charge on any atom is 0.337 e. The quantitative estimate of drug-likeness (QED) is 0.762. The Hall–Kier alpha value is -2.50. The fraction of sp³-hybridized carbons (Fsp3) is 0.391. The molecule has 4 unspecified atom stereocenters. The van der Waals surface area contributed by atoms with Crippen molar-refractivity contribution < 1.29 is 23.8 Å². The number of fused-ring (bicyclic) bond motifs is 1. The average molecular weight is 378 g/mol. The summed E-state index contributed by atoms with van der Waals surface area (Å²) in [5.74, 6) is -1.05. The highest BCUT2D eigenvalue weighted by atomic mass is 16.8. The van der Waals surface area contributed by atoms with Gasteiger partial charge in [-0.1, -0.05) is 42.5 Å². The van der Waals surface area contributed by atoms with Crippen LogP contribution in [0.2, 0.25) is 0 Å². The SMILES string of the molecule is COC(=O)c1ccc(C2OC34CCCC(=O)C3(c3ccccc3)CC2O4)cc1. The minimum atomic E-state index is -0.903. The molecule has 2 bridgehead atoms. The van der Waals surface area contributed by atoms with Gasteiger partial charge in [0.05, 0.1) is 18.8 Å². The van der Waals surface area contributed by atoms with Crippen LogP contribution in [0, 0.1) is 0 Å². The van der Waals surface area contributed by atoms with E-state index in [2.05, 4.69) is 0 Å². The number of hydrogen-bond donors (Lipinski definition) is 0. The fourth-order valence-electron chi connectivity index (χ4n) is 5.21. The number of esters is 1. The molecule has 5 heteroatoms. The predicted molar refractivity (Wildman–Crippen MR) is 101 cm³/mol. The van der Waals surface area contributed by atoms with Gasteiger partial charge in [-0.2, -0.15) is 0 Å². The van der Waals surface area contributed by atoms with Crippen molar-refractivity contribution in [2.75, 3.05) is 7.11 Å². The summed E-state index contributed by atoms with van der Waals surface area (Å²) in [5, 5.41) is 0. The molecule has 2 saturated heterocycles. The largest absolute Gasteiger partial charge is 0.465 e. The molecule has 0 radical (unpaired) electrons. The lowest BCUT2D eigenvalue weighted by atomic mass is 9.61. The Kier molecular flexibility index (Phi) is 3.93. The summed E-state index contributed by atoms with van der Waals surface area (Å²) in [7, 11) is 1.37. The van der Waals surface area contributed by atoms with Crippen LogP contribution in [-0.2, 0) is 24.4 Å². The summed E-state index contributed by atoms with van der Waals surface area (Å²) < 4.78 is 17.7. The molecule has 1 spiro atoms. The third-order valence-corrected chi connectivity index (χ3v) is 6.47. The summed E-state index contributed by atoms with van der Waals surface area (Å²) in [6, 6.07) is 17.2. The Morgan fingerprint density at radius 2 is 1.82 bits per heavy atom. The molecule has 0 amide bonds. The second-order valence-electron chi connectivity index (χ2n) is 7.81. The number of carbonyl (C=O) groups is 2.